The summed E-state index contributed by atoms with van der Waals surface area (Å²) in [6.07, 6.45) is 1.91. The summed E-state index contributed by atoms with van der Waals surface area (Å²) in [5.74, 6) is 0.788. The average Bonchev–Trinajstić information content (AvgIpc) is 2.94. The van der Waals surface area contributed by atoms with Gasteiger partial charge in [-0.05, 0) is 44.4 Å². The van der Waals surface area contributed by atoms with Crippen LogP contribution >= 0.6 is 35.6 Å². The molecule has 3 rings (SSSR count). The Bertz CT molecular complexity index is 846. The zero-order valence-corrected chi connectivity index (χ0v) is 20.7. The molecule has 1 saturated heterocycles. The summed E-state index contributed by atoms with van der Waals surface area (Å²) in [6.45, 7) is 7.11. The minimum Gasteiger partial charge on any atom is -0.381 e. The Labute approximate surface area is 195 Å². The van der Waals surface area contributed by atoms with Gasteiger partial charge in [0.2, 0.25) is 0 Å². The third-order valence-electron chi connectivity index (χ3n) is 5.80. The largest absolute Gasteiger partial charge is 0.381 e. The third-order valence-corrected chi connectivity index (χ3v) is 6.03. The molecule has 2 N–H and O–H groups in total. The molecule has 0 spiro atoms. The van der Waals surface area contributed by atoms with Gasteiger partial charge in [0.15, 0.2) is 5.96 Å². The Morgan fingerprint density at radius 1 is 1.28 bits per heavy atom. The SMILES string of the molecule is CN=C(NCc1c(C)nn(C)c1C)NCC1(c2cccc(Cl)c2)CCOCC1.I. The zero-order chi connectivity index (χ0) is 20.1. The van der Waals surface area contributed by atoms with E-state index in [0.717, 1.165) is 49.3 Å². The number of ether oxygens (including phenoxy) is 1. The second-order valence-electron chi connectivity index (χ2n) is 7.46. The lowest BCUT2D eigenvalue weighted by Crippen LogP contribution is -2.48. The molecule has 0 aliphatic carbocycles. The minimum absolute atomic E-state index is 0. The van der Waals surface area contributed by atoms with Gasteiger partial charge in [-0.25, -0.2) is 0 Å². The van der Waals surface area contributed by atoms with Gasteiger partial charge in [-0.15, -0.1) is 24.0 Å². The van der Waals surface area contributed by atoms with E-state index in [0.29, 0.717) is 6.54 Å². The minimum atomic E-state index is -0.0130. The van der Waals surface area contributed by atoms with Crippen molar-refractivity contribution in [3.8, 4) is 0 Å². The summed E-state index contributed by atoms with van der Waals surface area (Å²) in [5, 5.41) is 12.2. The number of rotatable bonds is 5. The van der Waals surface area contributed by atoms with E-state index in [-0.39, 0.29) is 29.4 Å². The number of guanidine groups is 1. The van der Waals surface area contributed by atoms with Crippen molar-refractivity contribution in [3.63, 3.8) is 0 Å². The molecular weight excluding hydrogens is 501 g/mol. The molecule has 2 aromatic rings. The normalized spacial score (nSPS) is 16.2. The van der Waals surface area contributed by atoms with Crippen molar-refractivity contribution < 1.29 is 4.74 Å². The highest BCUT2D eigenvalue weighted by molar-refractivity contribution is 14.0. The lowest BCUT2D eigenvalue weighted by molar-refractivity contribution is 0.0514. The molecule has 0 radical (unpaired) electrons. The maximum Gasteiger partial charge on any atom is 0.191 e. The van der Waals surface area contributed by atoms with E-state index in [4.69, 9.17) is 16.3 Å². The Balaban J connectivity index is 0.00000300. The fraction of sp³-hybridized carbons (Fsp3) is 0.524. The van der Waals surface area contributed by atoms with Crippen LogP contribution in [0.3, 0.4) is 0 Å². The van der Waals surface area contributed by atoms with Gasteiger partial charge < -0.3 is 15.4 Å². The molecular formula is C21H31ClIN5O. The van der Waals surface area contributed by atoms with E-state index >= 15 is 0 Å². The van der Waals surface area contributed by atoms with Gasteiger partial charge in [0.25, 0.3) is 0 Å². The maximum atomic E-state index is 6.27. The predicted molar refractivity (Wildman–Crippen MR) is 129 cm³/mol. The first-order chi connectivity index (χ1) is 13.4. The first kappa shape index (κ1) is 24.0. The summed E-state index contributed by atoms with van der Waals surface area (Å²) >= 11 is 6.27. The van der Waals surface area contributed by atoms with E-state index in [9.17, 15) is 0 Å². The summed E-state index contributed by atoms with van der Waals surface area (Å²) in [4.78, 5) is 4.41. The molecule has 6 nitrogen and oxygen atoms in total. The van der Waals surface area contributed by atoms with E-state index in [1.165, 1.54) is 16.8 Å². The Morgan fingerprint density at radius 3 is 2.59 bits per heavy atom. The molecule has 0 unspecified atom stereocenters. The van der Waals surface area contributed by atoms with Crippen LogP contribution in [0.15, 0.2) is 29.3 Å². The van der Waals surface area contributed by atoms with Crippen LogP contribution in [0.4, 0.5) is 0 Å². The van der Waals surface area contributed by atoms with Crippen LogP contribution in [0.1, 0.15) is 35.4 Å². The molecule has 1 aliphatic heterocycles. The molecule has 160 valence electrons. The van der Waals surface area contributed by atoms with Crippen molar-refractivity contribution in [2.75, 3.05) is 26.8 Å². The van der Waals surface area contributed by atoms with Crippen LogP contribution < -0.4 is 10.6 Å². The van der Waals surface area contributed by atoms with Gasteiger partial charge in [-0.1, -0.05) is 23.7 Å². The molecule has 0 atom stereocenters. The van der Waals surface area contributed by atoms with E-state index < -0.39 is 0 Å². The summed E-state index contributed by atoms with van der Waals surface area (Å²) in [5.41, 5.74) is 4.66. The van der Waals surface area contributed by atoms with Crippen molar-refractivity contribution in [1.29, 1.82) is 0 Å². The molecule has 0 bridgehead atoms. The lowest BCUT2D eigenvalue weighted by atomic mass is 9.74. The quantitative estimate of drug-likeness (QED) is 0.351. The number of nitrogens with zero attached hydrogens (tertiary/aromatic N) is 3. The molecule has 1 aromatic carbocycles. The fourth-order valence-electron chi connectivity index (χ4n) is 3.87. The van der Waals surface area contributed by atoms with Gasteiger partial charge in [-0.2, -0.15) is 5.10 Å². The Hall–Kier alpha value is -1.32. The number of aryl methyl sites for hydroxylation is 2. The highest BCUT2D eigenvalue weighted by atomic mass is 127. The number of benzene rings is 1. The smallest absolute Gasteiger partial charge is 0.191 e. The second-order valence-corrected chi connectivity index (χ2v) is 7.89. The van der Waals surface area contributed by atoms with Crippen LogP contribution in [0.25, 0.3) is 0 Å². The molecule has 0 amide bonds. The number of hydrogen-bond donors (Lipinski definition) is 2. The van der Waals surface area contributed by atoms with Crippen molar-refractivity contribution in [3.05, 3.63) is 51.8 Å². The second kappa shape index (κ2) is 10.6. The van der Waals surface area contributed by atoms with Crippen molar-refractivity contribution >= 4 is 41.5 Å². The number of aromatic nitrogens is 2. The van der Waals surface area contributed by atoms with Gasteiger partial charge in [0.05, 0.1) is 5.69 Å². The fourth-order valence-corrected chi connectivity index (χ4v) is 4.06. The summed E-state index contributed by atoms with van der Waals surface area (Å²) < 4.78 is 7.54. The van der Waals surface area contributed by atoms with Crippen LogP contribution in [0.2, 0.25) is 5.02 Å². The lowest BCUT2D eigenvalue weighted by Gasteiger charge is -2.38. The Kier molecular flexibility index (Phi) is 8.78. The highest BCUT2D eigenvalue weighted by Gasteiger charge is 2.34. The first-order valence-electron chi connectivity index (χ1n) is 9.72. The molecule has 2 heterocycles. The topological polar surface area (TPSA) is 63.5 Å². The zero-order valence-electron chi connectivity index (χ0n) is 17.6. The Morgan fingerprint density at radius 2 is 2.00 bits per heavy atom. The highest BCUT2D eigenvalue weighted by Crippen LogP contribution is 2.35. The van der Waals surface area contributed by atoms with Gasteiger partial charge in [-0.3, -0.25) is 9.67 Å². The molecule has 1 fully saturated rings. The van der Waals surface area contributed by atoms with Gasteiger partial charge in [0, 0.05) is 62.1 Å². The van der Waals surface area contributed by atoms with Crippen molar-refractivity contribution in [1.82, 2.24) is 20.4 Å². The number of halogens is 2. The van der Waals surface area contributed by atoms with Gasteiger partial charge >= 0.3 is 0 Å². The monoisotopic (exact) mass is 531 g/mol. The van der Waals surface area contributed by atoms with E-state index in [1.54, 1.807) is 7.05 Å². The molecule has 8 heteroatoms. The van der Waals surface area contributed by atoms with E-state index in [1.807, 2.05) is 30.8 Å². The molecule has 1 aliphatic rings. The molecule has 0 saturated carbocycles. The maximum absolute atomic E-state index is 6.27. The van der Waals surface area contributed by atoms with Gasteiger partial charge in [0.1, 0.15) is 0 Å². The molecule has 1 aromatic heterocycles. The van der Waals surface area contributed by atoms with E-state index in [2.05, 4.69) is 39.8 Å². The number of aliphatic imine (C=N–C) groups is 1. The number of hydrogen-bond acceptors (Lipinski definition) is 3. The predicted octanol–water partition coefficient (Wildman–Crippen LogP) is 3.72. The van der Waals surface area contributed by atoms with Crippen LogP contribution in [0.5, 0.6) is 0 Å². The van der Waals surface area contributed by atoms with Crippen molar-refractivity contribution in [2.24, 2.45) is 12.0 Å². The third kappa shape index (κ3) is 5.64. The first-order valence-corrected chi connectivity index (χ1v) is 10.1. The summed E-state index contributed by atoms with van der Waals surface area (Å²) in [7, 11) is 3.77. The van der Waals surface area contributed by atoms with Crippen molar-refractivity contribution in [2.45, 2.75) is 38.6 Å². The van der Waals surface area contributed by atoms with Crippen LogP contribution in [0, 0.1) is 13.8 Å². The average molecular weight is 532 g/mol. The van der Waals surface area contributed by atoms with Crippen LogP contribution in [-0.2, 0) is 23.7 Å². The number of nitrogens with one attached hydrogen (secondary N) is 2. The molecule has 29 heavy (non-hydrogen) atoms. The summed E-state index contributed by atoms with van der Waals surface area (Å²) in [6, 6.07) is 8.19. The van der Waals surface area contributed by atoms with Crippen LogP contribution in [-0.4, -0.2) is 42.5 Å². The standard InChI is InChI=1S/C21H30ClN5O.HI/c1-15-19(16(2)27(4)26-15)13-24-20(23-3)25-14-21(8-10-28-11-9-21)17-6-5-7-18(22)12-17;/h5-7,12H,8-11,13-14H2,1-4H3,(H2,23,24,25);1H.